The number of hydrogen-bond donors (Lipinski definition) is 1. The molecule has 0 aromatic heterocycles. The molecule has 4 rings (SSSR count). The molecule has 0 N–H and O–H groups in total. The van der Waals surface area contributed by atoms with Crippen LogP contribution >= 0.6 is 37.4 Å². The number of Topliss-reactive ketones (excluding diaryl/α,β-unsaturated/α-hetero) is 1. The summed E-state index contributed by atoms with van der Waals surface area (Å²) in [7, 11) is 0. The average molecular weight is 591 g/mol. The van der Waals surface area contributed by atoms with Gasteiger partial charge in [0.25, 0.3) is 0 Å². The second kappa shape index (κ2) is 15.2. The van der Waals surface area contributed by atoms with Gasteiger partial charge in [0.05, 0.1) is 25.6 Å². The van der Waals surface area contributed by atoms with Gasteiger partial charge in [0.1, 0.15) is 5.82 Å². The maximum Gasteiger partial charge on any atom is 0.307 e. The van der Waals surface area contributed by atoms with Gasteiger partial charge in [0.2, 0.25) is 5.91 Å². The van der Waals surface area contributed by atoms with E-state index in [4.69, 9.17) is 17.4 Å². The normalized spacial score (nSPS) is 22.4. The molecule has 1 aromatic rings. The van der Waals surface area contributed by atoms with Crippen molar-refractivity contribution in [3.8, 4) is 0 Å². The summed E-state index contributed by atoms with van der Waals surface area (Å²) in [4.78, 5) is 43.4. The number of esters is 1. The fraction of sp³-hybridized carbons (Fsp3) is 0.593. The number of benzene rings is 1. The molecular weight excluding hydrogens is 552 g/mol. The van der Waals surface area contributed by atoms with Gasteiger partial charge in [-0.15, -0.1) is 24.8 Å². The molecule has 7 nitrogen and oxygen atoms in total. The number of rotatable bonds is 10. The van der Waals surface area contributed by atoms with E-state index >= 15 is 0 Å². The molecule has 1 amide bonds. The van der Waals surface area contributed by atoms with Crippen LogP contribution in [0.3, 0.4) is 0 Å². The molecule has 2 saturated heterocycles. The van der Waals surface area contributed by atoms with Crippen LogP contribution in [0.25, 0.3) is 0 Å². The summed E-state index contributed by atoms with van der Waals surface area (Å²) in [5, 5.41) is 0.0412. The van der Waals surface area contributed by atoms with Gasteiger partial charge in [0.15, 0.2) is 5.78 Å². The van der Waals surface area contributed by atoms with Crippen LogP contribution in [0, 0.1) is 11.7 Å². The molecule has 38 heavy (non-hydrogen) atoms. The fourth-order valence-corrected chi connectivity index (χ4v) is 5.28. The second-order valence-electron chi connectivity index (χ2n) is 9.83. The fourth-order valence-electron chi connectivity index (χ4n) is 4.98. The first-order chi connectivity index (χ1) is 17.4. The first-order valence-corrected chi connectivity index (χ1v) is 13.4. The van der Waals surface area contributed by atoms with Gasteiger partial charge in [-0.25, -0.2) is 4.39 Å². The highest BCUT2D eigenvalue weighted by Crippen LogP contribution is 2.39. The molecule has 1 aliphatic carbocycles. The molecule has 2 heterocycles. The van der Waals surface area contributed by atoms with Crippen molar-refractivity contribution in [3.05, 3.63) is 47.3 Å². The Hall–Kier alpha value is -1.65. The summed E-state index contributed by atoms with van der Waals surface area (Å²) in [6, 6.07) is 5.98. The predicted octanol–water partition coefficient (Wildman–Crippen LogP) is 3.72. The number of hydrogen-bond acceptors (Lipinski definition) is 7. The van der Waals surface area contributed by atoms with Crippen LogP contribution in [0.1, 0.15) is 44.2 Å². The lowest BCUT2D eigenvalue weighted by atomic mass is 9.93. The number of ketones is 1. The van der Waals surface area contributed by atoms with Crippen molar-refractivity contribution in [3.63, 3.8) is 0 Å². The third kappa shape index (κ3) is 8.42. The summed E-state index contributed by atoms with van der Waals surface area (Å²) in [5.74, 6) is -0.438. The molecule has 2 atom stereocenters. The van der Waals surface area contributed by atoms with E-state index in [0.29, 0.717) is 51.4 Å². The molecule has 0 bridgehead atoms. The van der Waals surface area contributed by atoms with E-state index in [1.807, 2.05) is 9.80 Å². The predicted molar refractivity (Wildman–Crippen MR) is 153 cm³/mol. The minimum atomic E-state index is -0.590. The molecule has 3 aliphatic rings. The number of carbonyl (C=O) groups excluding carboxylic acids is 3. The lowest BCUT2D eigenvalue weighted by Gasteiger charge is -2.38. The number of amides is 1. The topological polar surface area (TPSA) is 70.2 Å². The van der Waals surface area contributed by atoms with Gasteiger partial charge in [-0.05, 0) is 37.8 Å². The molecule has 0 radical (unpaired) electrons. The number of likely N-dealkylation sites (tertiary alicyclic amines) is 1. The van der Waals surface area contributed by atoms with Crippen LogP contribution < -0.4 is 0 Å². The summed E-state index contributed by atoms with van der Waals surface area (Å²) in [6.45, 7) is 5.90. The Labute approximate surface area is 242 Å². The number of nitrogens with zero attached hydrogens (tertiary/aromatic N) is 3. The largest absolute Gasteiger partial charge is 0.466 e. The Morgan fingerprint density at radius 2 is 1.87 bits per heavy atom. The monoisotopic (exact) mass is 589 g/mol. The highest BCUT2D eigenvalue weighted by molar-refractivity contribution is 7.81. The highest BCUT2D eigenvalue weighted by Gasteiger charge is 2.41. The van der Waals surface area contributed by atoms with E-state index in [0.717, 1.165) is 24.8 Å². The lowest BCUT2D eigenvalue weighted by molar-refractivity contribution is -0.144. The first kappa shape index (κ1) is 32.6. The van der Waals surface area contributed by atoms with Crippen molar-refractivity contribution in [2.24, 2.45) is 5.92 Å². The number of ether oxygens (including phenoxy) is 1. The maximum absolute atomic E-state index is 14.7. The number of thiol groups is 1. The average Bonchev–Trinajstić information content (AvgIpc) is 3.71. The Kier molecular flexibility index (Phi) is 13.0. The Morgan fingerprint density at radius 1 is 1.13 bits per heavy atom. The Bertz CT molecular complexity index is 1010. The zero-order valence-electron chi connectivity index (χ0n) is 21.7. The molecule has 0 spiro atoms. The van der Waals surface area contributed by atoms with Gasteiger partial charge in [-0.1, -0.05) is 24.3 Å². The van der Waals surface area contributed by atoms with E-state index < -0.39 is 6.04 Å². The third-order valence-corrected chi connectivity index (χ3v) is 7.82. The third-order valence-electron chi connectivity index (χ3n) is 7.23. The number of carbonyl (C=O) groups is 3. The van der Waals surface area contributed by atoms with Gasteiger partial charge in [0, 0.05) is 56.0 Å². The van der Waals surface area contributed by atoms with Crippen LogP contribution in [0.5, 0.6) is 0 Å². The second-order valence-corrected chi connectivity index (χ2v) is 10.4. The van der Waals surface area contributed by atoms with E-state index in [9.17, 15) is 18.8 Å². The molecule has 212 valence electrons. The number of piperidine rings is 1. The zero-order valence-corrected chi connectivity index (χ0v) is 24.2. The van der Waals surface area contributed by atoms with Crippen LogP contribution in [-0.4, -0.2) is 90.0 Å². The highest BCUT2D eigenvalue weighted by atomic mass is 35.5. The quantitative estimate of drug-likeness (QED) is 0.255. The summed E-state index contributed by atoms with van der Waals surface area (Å²) < 4.78 is 19.7. The molecule has 11 heteroatoms. The maximum atomic E-state index is 14.7. The van der Waals surface area contributed by atoms with Crippen molar-refractivity contribution in [1.82, 2.24) is 14.7 Å². The molecular formula is C27H38Cl2FN3O4S. The van der Waals surface area contributed by atoms with Crippen LogP contribution in [0.4, 0.5) is 4.39 Å². The smallest absolute Gasteiger partial charge is 0.307 e. The standard InChI is InChI=1S/C27H36FN3O4S.2ClH/c1-2-35-25(33)11-12-29-15-16-30(24(32)18-29)13-9-20-17-31(14-10-23(20)36)26(27(34)19-7-8-19)21-5-3-4-6-22(21)28;;/h3-6,9,19,23,26,36H,2,7-8,10-18H2,1H3;2*1H/b20-9+;;. The van der Waals surface area contributed by atoms with Crippen molar-refractivity contribution in [1.29, 1.82) is 0 Å². The van der Waals surface area contributed by atoms with Crippen molar-refractivity contribution in [2.75, 3.05) is 52.4 Å². The molecule has 3 fully saturated rings. The van der Waals surface area contributed by atoms with E-state index in [2.05, 4.69) is 11.0 Å². The molecule has 1 aromatic carbocycles. The van der Waals surface area contributed by atoms with Gasteiger partial charge < -0.3 is 9.64 Å². The van der Waals surface area contributed by atoms with E-state index in [1.165, 1.54) is 6.07 Å². The van der Waals surface area contributed by atoms with Crippen LogP contribution in [-0.2, 0) is 19.1 Å². The summed E-state index contributed by atoms with van der Waals surface area (Å²) in [6.07, 6.45) is 4.85. The van der Waals surface area contributed by atoms with Crippen molar-refractivity contribution < 1.29 is 23.5 Å². The van der Waals surface area contributed by atoms with E-state index in [1.54, 1.807) is 25.1 Å². The molecule has 2 aliphatic heterocycles. The summed E-state index contributed by atoms with van der Waals surface area (Å²) in [5.41, 5.74) is 1.51. The Balaban J connectivity index is 0.00000253. The van der Waals surface area contributed by atoms with Crippen molar-refractivity contribution >= 4 is 55.1 Å². The van der Waals surface area contributed by atoms with Gasteiger partial charge in [-0.2, -0.15) is 12.6 Å². The van der Waals surface area contributed by atoms with E-state index in [-0.39, 0.29) is 72.4 Å². The zero-order chi connectivity index (χ0) is 25.7. The lowest BCUT2D eigenvalue weighted by Crippen LogP contribution is -2.50. The van der Waals surface area contributed by atoms with Crippen LogP contribution in [0.15, 0.2) is 35.9 Å². The first-order valence-electron chi connectivity index (χ1n) is 12.9. The molecule has 2 unspecified atom stereocenters. The SMILES string of the molecule is CCOC(=O)CCN1CCN(C/C=C2\CN(C(C(=O)C3CC3)c3ccccc3F)CCC2S)C(=O)C1.Cl.Cl. The summed E-state index contributed by atoms with van der Waals surface area (Å²) >= 11 is 4.77. The minimum absolute atomic E-state index is 0. The number of halogens is 3. The van der Waals surface area contributed by atoms with Crippen molar-refractivity contribution in [2.45, 2.75) is 43.9 Å². The Morgan fingerprint density at radius 3 is 2.53 bits per heavy atom. The van der Waals surface area contributed by atoms with Gasteiger partial charge >= 0.3 is 5.97 Å². The van der Waals surface area contributed by atoms with Gasteiger partial charge in [-0.3, -0.25) is 24.2 Å². The molecule has 1 saturated carbocycles. The minimum Gasteiger partial charge on any atom is -0.466 e. The number of piperazine rings is 1. The van der Waals surface area contributed by atoms with Crippen LogP contribution in [0.2, 0.25) is 0 Å².